The number of nitrogens with zero attached hydrogens (tertiary/aromatic N) is 1. The number of hydrogen-bond donors (Lipinski definition) is 1. The number of carboxylic acid groups (broad SMARTS) is 1. The maximum atomic E-state index is 10.7. The van der Waals surface area contributed by atoms with Crippen molar-refractivity contribution in [1.82, 2.24) is 4.98 Å². The highest BCUT2D eigenvalue weighted by molar-refractivity contribution is 6.29. The van der Waals surface area contributed by atoms with Crippen molar-refractivity contribution in [3.8, 4) is 5.88 Å². The van der Waals surface area contributed by atoms with Crippen LogP contribution in [-0.4, -0.2) is 22.7 Å². The third-order valence-corrected chi connectivity index (χ3v) is 1.96. The van der Waals surface area contributed by atoms with Gasteiger partial charge < -0.3 is 9.84 Å². The summed E-state index contributed by atoms with van der Waals surface area (Å²) in [7, 11) is 0. The summed E-state index contributed by atoms with van der Waals surface area (Å²) < 4.78 is 5.26. The van der Waals surface area contributed by atoms with Crippen LogP contribution < -0.4 is 4.74 Å². The van der Waals surface area contributed by atoms with Crippen molar-refractivity contribution in [2.45, 2.75) is 19.8 Å². The van der Waals surface area contributed by atoms with E-state index in [9.17, 15) is 4.79 Å². The zero-order valence-corrected chi connectivity index (χ0v) is 9.12. The molecule has 0 atom stereocenters. The Kier molecular flexibility index (Phi) is 4.37. The number of ether oxygens (including phenoxy) is 1. The van der Waals surface area contributed by atoms with E-state index >= 15 is 0 Å². The van der Waals surface area contributed by atoms with Crippen LogP contribution in [0.1, 0.15) is 30.1 Å². The Balaban J connectivity index is 2.75. The Morgan fingerprint density at radius 1 is 1.60 bits per heavy atom. The van der Waals surface area contributed by atoms with Crippen LogP contribution in [0.3, 0.4) is 0 Å². The molecule has 15 heavy (non-hydrogen) atoms. The van der Waals surface area contributed by atoms with Crippen molar-refractivity contribution < 1.29 is 14.6 Å². The highest BCUT2D eigenvalue weighted by atomic mass is 35.5. The van der Waals surface area contributed by atoms with Gasteiger partial charge in [0.1, 0.15) is 5.15 Å². The Bertz CT molecular complexity index is 355. The number of aromatic carboxylic acids is 1. The Hall–Kier alpha value is -1.29. The number of hydrogen-bond acceptors (Lipinski definition) is 3. The largest absolute Gasteiger partial charge is 0.478 e. The monoisotopic (exact) mass is 229 g/mol. The molecular formula is C10H12ClNO3. The first-order chi connectivity index (χ1) is 7.13. The maximum absolute atomic E-state index is 10.7. The molecule has 0 saturated heterocycles. The normalized spacial score (nSPS) is 10.0. The van der Waals surface area contributed by atoms with E-state index < -0.39 is 5.97 Å². The predicted octanol–water partition coefficient (Wildman–Crippen LogP) is 2.61. The quantitative estimate of drug-likeness (QED) is 0.623. The van der Waals surface area contributed by atoms with Crippen LogP contribution in [0, 0.1) is 0 Å². The number of unbranched alkanes of at least 4 members (excludes halogenated alkanes) is 1. The van der Waals surface area contributed by atoms with Crippen LogP contribution >= 0.6 is 11.6 Å². The van der Waals surface area contributed by atoms with Gasteiger partial charge in [0.2, 0.25) is 5.88 Å². The fourth-order valence-corrected chi connectivity index (χ4v) is 1.19. The van der Waals surface area contributed by atoms with Gasteiger partial charge in [-0.05, 0) is 12.5 Å². The summed E-state index contributed by atoms with van der Waals surface area (Å²) in [6.45, 7) is 2.56. The third-order valence-electron chi connectivity index (χ3n) is 1.77. The van der Waals surface area contributed by atoms with Crippen LogP contribution in [0.4, 0.5) is 0 Å². The summed E-state index contributed by atoms with van der Waals surface area (Å²) in [4.78, 5) is 14.6. The van der Waals surface area contributed by atoms with Crippen molar-refractivity contribution in [2.24, 2.45) is 0 Å². The molecule has 0 aliphatic carbocycles. The van der Waals surface area contributed by atoms with Gasteiger partial charge in [0, 0.05) is 6.07 Å². The van der Waals surface area contributed by atoms with Crippen molar-refractivity contribution in [1.29, 1.82) is 0 Å². The average molecular weight is 230 g/mol. The van der Waals surface area contributed by atoms with E-state index in [1.54, 1.807) is 0 Å². The standard InChI is InChI=1S/C10H12ClNO3/c1-2-3-4-15-9-6-7(10(13)14)5-8(11)12-9/h5-6H,2-4H2,1H3,(H,13,14). The van der Waals surface area contributed by atoms with E-state index in [0.29, 0.717) is 6.61 Å². The van der Waals surface area contributed by atoms with Gasteiger partial charge in [-0.2, -0.15) is 0 Å². The fraction of sp³-hybridized carbons (Fsp3) is 0.400. The minimum absolute atomic E-state index is 0.0847. The molecule has 0 unspecified atom stereocenters. The molecule has 0 spiro atoms. The molecule has 0 aliphatic rings. The zero-order valence-electron chi connectivity index (χ0n) is 8.36. The molecular weight excluding hydrogens is 218 g/mol. The summed E-state index contributed by atoms with van der Waals surface area (Å²) in [5.74, 6) is -0.784. The third kappa shape index (κ3) is 3.75. The summed E-state index contributed by atoms with van der Waals surface area (Å²) in [6, 6.07) is 2.65. The van der Waals surface area contributed by atoms with Crippen molar-refractivity contribution in [2.75, 3.05) is 6.61 Å². The lowest BCUT2D eigenvalue weighted by Gasteiger charge is -2.05. The van der Waals surface area contributed by atoms with Crippen molar-refractivity contribution in [3.05, 3.63) is 22.8 Å². The second kappa shape index (κ2) is 5.56. The van der Waals surface area contributed by atoms with Gasteiger partial charge in [-0.25, -0.2) is 9.78 Å². The van der Waals surface area contributed by atoms with Gasteiger partial charge in [0.15, 0.2) is 0 Å². The topological polar surface area (TPSA) is 59.4 Å². The minimum atomic E-state index is -1.04. The highest BCUT2D eigenvalue weighted by Crippen LogP contribution is 2.16. The van der Waals surface area contributed by atoms with Gasteiger partial charge in [-0.3, -0.25) is 0 Å². The van der Waals surface area contributed by atoms with Crippen LogP contribution in [0.15, 0.2) is 12.1 Å². The molecule has 5 heteroatoms. The van der Waals surface area contributed by atoms with Crippen molar-refractivity contribution in [3.63, 3.8) is 0 Å². The van der Waals surface area contributed by atoms with E-state index in [-0.39, 0.29) is 16.6 Å². The smallest absolute Gasteiger partial charge is 0.335 e. The van der Waals surface area contributed by atoms with Crippen LogP contribution in [0.5, 0.6) is 5.88 Å². The minimum Gasteiger partial charge on any atom is -0.478 e. The zero-order chi connectivity index (χ0) is 11.3. The Labute approximate surface area is 92.8 Å². The van der Waals surface area contributed by atoms with E-state index in [2.05, 4.69) is 4.98 Å². The number of rotatable bonds is 5. The van der Waals surface area contributed by atoms with E-state index in [0.717, 1.165) is 12.8 Å². The average Bonchev–Trinajstić information content (AvgIpc) is 2.17. The Morgan fingerprint density at radius 2 is 2.33 bits per heavy atom. The first-order valence-corrected chi connectivity index (χ1v) is 5.05. The number of halogens is 1. The molecule has 1 heterocycles. The predicted molar refractivity (Wildman–Crippen MR) is 56.6 cm³/mol. The van der Waals surface area contributed by atoms with E-state index in [4.69, 9.17) is 21.4 Å². The molecule has 0 radical (unpaired) electrons. The number of pyridine rings is 1. The van der Waals surface area contributed by atoms with Gasteiger partial charge in [-0.1, -0.05) is 24.9 Å². The molecule has 0 saturated carbocycles. The lowest BCUT2D eigenvalue weighted by atomic mass is 10.3. The Morgan fingerprint density at radius 3 is 2.93 bits per heavy atom. The van der Waals surface area contributed by atoms with Crippen LogP contribution in [0.2, 0.25) is 5.15 Å². The first-order valence-electron chi connectivity index (χ1n) is 4.67. The first kappa shape index (κ1) is 11.8. The van der Waals surface area contributed by atoms with Gasteiger partial charge in [0.05, 0.1) is 12.2 Å². The van der Waals surface area contributed by atoms with Crippen molar-refractivity contribution >= 4 is 17.6 Å². The molecule has 1 aromatic heterocycles. The van der Waals surface area contributed by atoms with Gasteiger partial charge in [0.25, 0.3) is 0 Å². The molecule has 1 rings (SSSR count). The summed E-state index contributed by atoms with van der Waals surface area (Å²) in [5.41, 5.74) is 0.0847. The molecule has 0 aliphatic heterocycles. The molecule has 1 N–H and O–H groups in total. The molecule has 0 fully saturated rings. The molecule has 0 aromatic carbocycles. The van der Waals surface area contributed by atoms with E-state index in [1.807, 2.05) is 6.92 Å². The van der Waals surface area contributed by atoms with E-state index in [1.165, 1.54) is 12.1 Å². The molecule has 0 amide bonds. The number of carboxylic acids is 1. The second-order valence-corrected chi connectivity index (χ2v) is 3.41. The molecule has 0 bridgehead atoms. The highest BCUT2D eigenvalue weighted by Gasteiger charge is 2.07. The van der Waals surface area contributed by atoms with Gasteiger partial charge >= 0.3 is 5.97 Å². The molecule has 4 nitrogen and oxygen atoms in total. The second-order valence-electron chi connectivity index (χ2n) is 3.02. The molecule has 1 aromatic rings. The van der Waals surface area contributed by atoms with Gasteiger partial charge in [-0.15, -0.1) is 0 Å². The SMILES string of the molecule is CCCCOc1cc(C(=O)O)cc(Cl)n1. The summed E-state index contributed by atoms with van der Waals surface area (Å²) >= 11 is 5.65. The summed E-state index contributed by atoms with van der Waals surface area (Å²) in [6.07, 6.45) is 1.91. The maximum Gasteiger partial charge on any atom is 0.335 e. The fourth-order valence-electron chi connectivity index (χ4n) is 0.991. The lowest BCUT2D eigenvalue weighted by Crippen LogP contribution is -2.02. The van der Waals surface area contributed by atoms with Crippen LogP contribution in [0.25, 0.3) is 0 Å². The lowest BCUT2D eigenvalue weighted by molar-refractivity contribution is 0.0696. The molecule has 82 valence electrons. The number of carbonyl (C=O) groups is 1. The summed E-state index contributed by atoms with van der Waals surface area (Å²) in [5, 5.41) is 8.89. The number of aromatic nitrogens is 1. The van der Waals surface area contributed by atoms with Crippen LogP contribution in [-0.2, 0) is 0 Å².